The van der Waals surface area contributed by atoms with Crippen LogP contribution in [-0.2, 0) is 21.4 Å². The van der Waals surface area contributed by atoms with Crippen LogP contribution in [0, 0.1) is 5.82 Å². The molecule has 1 heterocycles. The van der Waals surface area contributed by atoms with E-state index >= 15 is 0 Å². The van der Waals surface area contributed by atoms with Crippen molar-refractivity contribution in [2.24, 2.45) is 0 Å². The highest BCUT2D eigenvalue weighted by atomic mass is 32.2. The molecule has 1 amide bonds. The summed E-state index contributed by atoms with van der Waals surface area (Å²) in [6.45, 7) is 0.973. The minimum absolute atomic E-state index is 0.0203. The average molecular weight is 423 g/mol. The number of hydroxylamine groups is 1. The summed E-state index contributed by atoms with van der Waals surface area (Å²) in [4.78, 5) is 13.8. The summed E-state index contributed by atoms with van der Waals surface area (Å²) in [6, 6.07) is 10.7. The van der Waals surface area contributed by atoms with Gasteiger partial charge in [-0.05, 0) is 49.0 Å². The number of benzene rings is 2. The number of carbonyl (C=O) groups excluding carboxylic acids is 1. The van der Waals surface area contributed by atoms with Gasteiger partial charge in [0, 0.05) is 19.6 Å². The van der Waals surface area contributed by atoms with Crippen LogP contribution < -0.4 is 10.2 Å². The second-order valence-corrected chi connectivity index (χ2v) is 8.65. The zero-order valence-corrected chi connectivity index (χ0v) is 16.6. The van der Waals surface area contributed by atoms with Gasteiger partial charge in [-0.3, -0.25) is 10.0 Å². The van der Waals surface area contributed by atoms with Crippen LogP contribution in [0.15, 0.2) is 53.4 Å². The van der Waals surface area contributed by atoms with Gasteiger partial charge in [-0.25, -0.2) is 18.3 Å². The van der Waals surface area contributed by atoms with E-state index in [4.69, 9.17) is 9.94 Å². The smallest absolute Gasteiger partial charge is 0.263 e. The Balaban J connectivity index is 1.73. The molecule has 29 heavy (non-hydrogen) atoms. The lowest BCUT2D eigenvalue weighted by molar-refractivity contribution is -0.134. The molecule has 1 atom stereocenters. The molecule has 2 aromatic rings. The summed E-state index contributed by atoms with van der Waals surface area (Å²) < 4.78 is 45.7. The van der Waals surface area contributed by atoms with E-state index in [9.17, 15) is 17.6 Å². The number of nitrogens with zero attached hydrogens (tertiary/aromatic N) is 2. The molecule has 1 aliphatic rings. The number of ether oxygens (including phenoxy) is 1. The number of amides is 1. The first-order valence-electron chi connectivity index (χ1n) is 8.93. The van der Waals surface area contributed by atoms with E-state index in [1.54, 1.807) is 19.2 Å². The van der Waals surface area contributed by atoms with Gasteiger partial charge in [0.1, 0.15) is 24.2 Å². The Hall–Kier alpha value is -2.53. The van der Waals surface area contributed by atoms with Crippen LogP contribution in [0.1, 0.15) is 5.56 Å². The van der Waals surface area contributed by atoms with Crippen molar-refractivity contribution in [3.05, 3.63) is 59.9 Å². The minimum Gasteiger partial charge on any atom is -0.489 e. The lowest BCUT2D eigenvalue weighted by Gasteiger charge is -2.37. The van der Waals surface area contributed by atoms with Crippen LogP contribution in [0.2, 0.25) is 0 Å². The maximum Gasteiger partial charge on any atom is 0.263 e. The normalized spacial score (nSPS) is 18.4. The van der Waals surface area contributed by atoms with Gasteiger partial charge >= 0.3 is 0 Å². The molecule has 1 aliphatic heterocycles. The van der Waals surface area contributed by atoms with Crippen molar-refractivity contribution < 1.29 is 27.5 Å². The first-order valence-corrected chi connectivity index (χ1v) is 10.4. The Bertz CT molecular complexity index is 951. The van der Waals surface area contributed by atoms with Crippen molar-refractivity contribution >= 4 is 15.9 Å². The van der Waals surface area contributed by atoms with Crippen molar-refractivity contribution in [3.8, 4) is 5.75 Å². The van der Waals surface area contributed by atoms with Crippen molar-refractivity contribution in [2.75, 3.05) is 26.7 Å². The molecule has 1 saturated heterocycles. The van der Waals surface area contributed by atoms with E-state index in [-0.39, 0.29) is 30.4 Å². The highest BCUT2D eigenvalue weighted by Gasteiger charge is 2.39. The molecule has 0 bridgehead atoms. The van der Waals surface area contributed by atoms with E-state index in [1.807, 2.05) is 4.90 Å². The Labute approximate surface area is 168 Å². The first kappa shape index (κ1) is 21.2. The van der Waals surface area contributed by atoms with Gasteiger partial charge in [0.15, 0.2) is 0 Å². The Kier molecular flexibility index (Phi) is 6.48. The molecule has 0 saturated carbocycles. The largest absolute Gasteiger partial charge is 0.489 e. The number of likely N-dealkylation sites (N-methyl/N-ethyl adjacent to an activating group) is 1. The summed E-state index contributed by atoms with van der Waals surface area (Å²) >= 11 is 0. The molecule has 3 rings (SSSR count). The summed E-state index contributed by atoms with van der Waals surface area (Å²) in [5.41, 5.74) is 2.31. The number of rotatable bonds is 6. The lowest BCUT2D eigenvalue weighted by Crippen LogP contribution is -2.59. The van der Waals surface area contributed by atoms with E-state index in [1.165, 1.54) is 41.9 Å². The minimum atomic E-state index is -3.94. The second-order valence-electron chi connectivity index (χ2n) is 6.76. The molecule has 0 aromatic heterocycles. The van der Waals surface area contributed by atoms with E-state index < -0.39 is 22.0 Å². The van der Waals surface area contributed by atoms with Gasteiger partial charge in [-0.1, -0.05) is 12.1 Å². The number of hydrogen-bond donors (Lipinski definition) is 2. The highest BCUT2D eigenvalue weighted by Crippen LogP contribution is 2.24. The van der Waals surface area contributed by atoms with Crippen LogP contribution in [-0.4, -0.2) is 61.5 Å². The SMILES string of the molecule is CN1CCN(S(=O)(=O)c2ccc(OCc3ccc(F)cc3)cc2)[C@@H](C(=O)NO)C1. The zero-order valence-electron chi connectivity index (χ0n) is 15.8. The van der Waals surface area contributed by atoms with Crippen LogP contribution >= 0.6 is 0 Å². The molecule has 0 spiro atoms. The summed E-state index contributed by atoms with van der Waals surface area (Å²) in [5, 5.41) is 8.96. The number of halogens is 1. The maximum absolute atomic E-state index is 13.0. The Morgan fingerprint density at radius 1 is 1.17 bits per heavy atom. The number of hydrogen-bond acceptors (Lipinski definition) is 6. The van der Waals surface area contributed by atoms with Gasteiger partial charge in [0.05, 0.1) is 4.90 Å². The lowest BCUT2D eigenvalue weighted by atomic mass is 10.2. The fourth-order valence-corrected chi connectivity index (χ4v) is 4.64. The molecule has 156 valence electrons. The predicted octanol–water partition coefficient (Wildman–Crippen LogP) is 1.21. The summed E-state index contributed by atoms with van der Waals surface area (Å²) in [5.74, 6) is -0.656. The van der Waals surface area contributed by atoms with Crippen LogP contribution in [0.5, 0.6) is 5.75 Å². The third-order valence-corrected chi connectivity index (χ3v) is 6.62. The molecule has 2 N–H and O–H groups in total. The first-order chi connectivity index (χ1) is 13.8. The monoisotopic (exact) mass is 423 g/mol. The average Bonchev–Trinajstić information content (AvgIpc) is 2.72. The molecule has 0 radical (unpaired) electrons. The van der Waals surface area contributed by atoms with Gasteiger partial charge in [-0.15, -0.1) is 0 Å². The van der Waals surface area contributed by atoms with Gasteiger partial charge in [0.25, 0.3) is 5.91 Å². The van der Waals surface area contributed by atoms with E-state index in [0.29, 0.717) is 12.3 Å². The zero-order chi connectivity index (χ0) is 21.0. The van der Waals surface area contributed by atoms with Crippen LogP contribution in [0.3, 0.4) is 0 Å². The van der Waals surface area contributed by atoms with Crippen molar-refractivity contribution in [2.45, 2.75) is 17.5 Å². The standard InChI is InChI=1S/C19H22FN3O5S/c1-22-10-11-23(18(12-22)19(24)21-25)29(26,27)17-8-6-16(7-9-17)28-13-14-2-4-15(20)5-3-14/h2-9,18,25H,10-13H2,1H3,(H,21,24)/t18-/m1/s1. The van der Waals surface area contributed by atoms with Crippen molar-refractivity contribution in [1.82, 2.24) is 14.7 Å². The summed E-state index contributed by atoms with van der Waals surface area (Å²) in [7, 11) is -2.17. The Morgan fingerprint density at radius 3 is 2.45 bits per heavy atom. The number of piperazine rings is 1. The number of carbonyl (C=O) groups is 1. The fourth-order valence-electron chi connectivity index (χ4n) is 3.07. The molecule has 10 heteroatoms. The third-order valence-electron chi connectivity index (χ3n) is 4.70. The molecule has 1 fully saturated rings. The van der Waals surface area contributed by atoms with Gasteiger partial charge in [0.2, 0.25) is 10.0 Å². The Morgan fingerprint density at radius 2 is 1.83 bits per heavy atom. The summed E-state index contributed by atoms with van der Waals surface area (Å²) in [6.07, 6.45) is 0. The molecule has 0 aliphatic carbocycles. The van der Waals surface area contributed by atoms with E-state index in [2.05, 4.69) is 0 Å². The fraction of sp³-hybridized carbons (Fsp3) is 0.316. The van der Waals surface area contributed by atoms with Crippen LogP contribution in [0.25, 0.3) is 0 Å². The highest BCUT2D eigenvalue weighted by molar-refractivity contribution is 7.89. The third kappa shape index (κ3) is 4.91. The quantitative estimate of drug-likeness (QED) is 0.535. The van der Waals surface area contributed by atoms with E-state index in [0.717, 1.165) is 9.87 Å². The maximum atomic E-state index is 13.0. The topological polar surface area (TPSA) is 99.2 Å². The van der Waals surface area contributed by atoms with Gasteiger partial charge in [-0.2, -0.15) is 4.31 Å². The van der Waals surface area contributed by atoms with Crippen LogP contribution in [0.4, 0.5) is 4.39 Å². The van der Waals surface area contributed by atoms with Gasteiger partial charge < -0.3 is 9.64 Å². The van der Waals surface area contributed by atoms with Crippen molar-refractivity contribution in [1.29, 1.82) is 0 Å². The molecule has 0 unspecified atom stereocenters. The van der Waals surface area contributed by atoms with Crippen molar-refractivity contribution in [3.63, 3.8) is 0 Å². The number of nitrogens with one attached hydrogen (secondary N) is 1. The molecule has 2 aromatic carbocycles. The second kappa shape index (κ2) is 8.87. The molecular formula is C19H22FN3O5S. The number of sulfonamides is 1. The predicted molar refractivity (Wildman–Crippen MR) is 102 cm³/mol. The molecule has 8 nitrogen and oxygen atoms in total. The molecular weight excluding hydrogens is 401 g/mol.